The van der Waals surface area contributed by atoms with Crippen LogP contribution in [0.4, 0.5) is 14.5 Å². The Morgan fingerprint density at radius 3 is 2.48 bits per heavy atom. The molecule has 1 aliphatic heterocycles. The molecule has 0 bridgehead atoms. The number of halogens is 2. The van der Waals surface area contributed by atoms with Crippen molar-refractivity contribution in [3.8, 4) is 0 Å². The van der Waals surface area contributed by atoms with Crippen LogP contribution in [0.15, 0.2) is 47.3 Å². The highest BCUT2D eigenvalue weighted by Crippen LogP contribution is 2.20. The van der Waals surface area contributed by atoms with Gasteiger partial charge in [0.2, 0.25) is 5.43 Å². The predicted octanol–water partition coefficient (Wildman–Crippen LogP) is 2.66. The van der Waals surface area contributed by atoms with Crippen LogP contribution in [0, 0.1) is 11.6 Å². The molecule has 0 radical (unpaired) electrons. The Labute approximate surface area is 166 Å². The van der Waals surface area contributed by atoms with Gasteiger partial charge in [-0.05, 0) is 37.3 Å². The maximum Gasteiger partial charge on any atom is 0.278 e. The van der Waals surface area contributed by atoms with E-state index in [-0.39, 0.29) is 16.9 Å². The first kappa shape index (κ1) is 19.0. The molecule has 1 saturated heterocycles. The molecular weight excluding hydrogens is 378 g/mol. The van der Waals surface area contributed by atoms with Gasteiger partial charge in [-0.2, -0.15) is 5.10 Å². The van der Waals surface area contributed by atoms with E-state index in [0.717, 1.165) is 6.07 Å². The molecule has 8 heteroatoms. The molecule has 150 valence electrons. The molecule has 0 N–H and O–H groups in total. The number of carbonyl (C=O) groups is 1. The number of aromatic nitrogens is 2. The summed E-state index contributed by atoms with van der Waals surface area (Å²) in [6.07, 6.45) is 0. The second kappa shape index (κ2) is 7.62. The number of carbonyl (C=O) groups excluding carboxylic acids is 1. The zero-order valence-corrected chi connectivity index (χ0v) is 15.9. The second-order valence-corrected chi connectivity index (χ2v) is 6.89. The number of anilines is 1. The molecule has 2 heterocycles. The maximum atomic E-state index is 14.0. The molecule has 0 spiro atoms. The molecule has 0 atom stereocenters. The normalized spacial score (nSPS) is 14.4. The summed E-state index contributed by atoms with van der Waals surface area (Å²) in [5.74, 6) is -1.34. The van der Waals surface area contributed by atoms with Crippen LogP contribution >= 0.6 is 0 Å². The van der Waals surface area contributed by atoms with E-state index in [1.54, 1.807) is 18.2 Å². The van der Waals surface area contributed by atoms with Gasteiger partial charge in [-0.25, -0.2) is 8.78 Å². The van der Waals surface area contributed by atoms with Crippen LogP contribution in [0.3, 0.4) is 0 Å². The second-order valence-electron chi connectivity index (χ2n) is 6.89. The third-order valence-electron chi connectivity index (χ3n) is 5.18. The van der Waals surface area contributed by atoms with Crippen molar-refractivity contribution < 1.29 is 13.6 Å². The van der Waals surface area contributed by atoms with Crippen molar-refractivity contribution in [3.05, 3.63) is 70.0 Å². The summed E-state index contributed by atoms with van der Waals surface area (Å²) >= 11 is 0. The molecule has 1 fully saturated rings. The quantitative estimate of drug-likeness (QED) is 0.681. The summed E-state index contributed by atoms with van der Waals surface area (Å²) in [6.45, 7) is 3.82. The van der Waals surface area contributed by atoms with E-state index in [9.17, 15) is 18.4 Å². The van der Waals surface area contributed by atoms with E-state index < -0.39 is 17.2 Å². The minimum atomic E-state index is -0.578. The van der Waals surface area contributed by atoms with E-state index in [1.165, 1.54) is 27.8 Å². The zero-order chi connectivity index (χ0) is 20.5. The lowest BCUT2D eigenvalue weighted by atomic mass is 10.1. The lowest BCUT2D eigenvalue weighted by Crippen LogP contribution is -2.50. The Kier molecular flexibility index (Phi) is 5.00. The Morgan fingerprint density at radius 2 is 1.79 bits per heavy atom. The Balaban J connectivity index is 1.61. The van der Waals surface area contributed by atoms with Gasteiger partial charge in [0.1, 0.15) is 11.6 Å². The Hall–Kier alpha value is -3.29. The van der Waals surface area contributed by atoms with Gasteiger partial charge in [-0.15, -0.1) is 0 Å². The number of fused-ring (bicyclic) bond motifs is 1. The zero-order valence-electron chi connectivity index (χ0n) is 15.9. The van der Waals surface area contributed by atoms with Crippen LogP contribution in [0.5, 0.6) is 0 Å². The highest BCUT2D eigenvalue weighted by Gasteiger charge is 2.27. The molecule has 0 unspecified atom stereocenters. The fraction of sp³-hybridized carbons (Fsp3) is 0.286. The average Bonchev–Trinajstić information content (AvgIpc) is 2.74. The van der Waals surface area contributed by atoms with Crippen LogP contribution in [0.25, 0.3) is 10.9 Å². The number of para-hydroxylation sites is 1. The SMILES string of the molecule is CCn1nc(C(=O)N2CCN(c3ccccc3F)CC2)c(=O)c2cc(F)ccc21. The number of aryl methyl sites for hydroxylation is 1. The first-order valence-electron chi connectivity index (χ1n) is 9.48. The van der Waals surface area contributed by atoms with Crippen molar-refractivity contribution in [1.82, 2.24) is 14.7 Å². The summed E-state index contributed by atoms with van der Waals surface area (Å²) in [7, 11) is 0. The van der Waals surface area contributed by atoms with Crippen LogP contribution in [-0.4, -0.2) is 46.8 Å². The van der Waals surface area contributed by atoms with Crippen LogP contribution in [0.2, 0.25) is 0 Å². The minimum Gasteiger partial charge on any atom is -0.366 e. The van der Waals surface area contributed by atoms with Crippen molar-refractivity contribution in [2.75, 3.05) is 31.1 Å². The van der Waals surface area contributed by atoms with E-state index in [1.807, 2.05) is 11.8 Å². The average molecular weight is 398 g/mol. The molecule has 1 aromatic heterocycles. The molecule has 29 heavy (non-hydrogen) atoms. The molecular formula is C21H20F2N4O2. The summed E-state index contributed by atoms with van der Waals surface area (Å²) < 4.78 is 29.2. The molecule has 0 saturated carbocycles. The Bertz CT molecular complexity index is 1140. The van der Waals surface area contributed by atoms with Crippen LogP contribution in [0.1, 0.15) is 17.4 Å². The first-order chi connectivity index (χ1) is 14.0. The number of benzene rings is 2. The van der Waals surface area contributed by atoms with Crippen molar-refractivity contribution in [3.63, 3.8) is 0 Å². The number of hydrogen-bond acceptors (Lipinski definition) is 4. The van der Waals surface area contributed by atoms with Gasteiger partial charge in [0.25, 0.3) is 5.91 Å². The summed E-state index contributed by atoms with van der Waals surface area (Å²) in [4.78, 5) is 29.2. The molecule has 2 aromatic carbocycles. The van der Waals surface area contributed by atoms with Gasteiger partial charge < -0.3 is 9.80 Å². The molecule has 3 aromatic rings. The topological polar surface area (TPSA) is 58.4 Å². The van der Waals surface area contributed by atoms with E-state index in [4.69, 9.17) is 0 Å². The highest BCUT2D eigenvalue weighted by molar-refractivity contribution is 5.95. The predicted molar refractivity (Wildman–Crippen MR) is 106 cm³/mol. The van der Waals surface area contributed by atoms with Gasteiger partial charge >= 0.3 is 0 Å². The highest BCUT2D eigenvalue weighted by atomic mass is 19.1. The Morgan fingerprint density at radius 1 is 1.07 bits per heavy atom. The molecule has 1 amide bonds. The van der Waals surface area contributed by atoms with Gasteiger partial charge in [-0.1, -0.05) is 12.1 Å². The molecule has 1 aliphatic rings. The summed E-state index contributed by atoms with van der Waals surface area (Å²) in [5, 5.41) is 4.37. The van der Waals surface area contributed by atoms with Crippen molar-refractivity contribution in [2.45, 2.75) is 13.5 Å². The van der Waals surface area contributed by atoms with Crippen molar-refractivity contribution in [2.24, 2.45) is 0 Å². The smallest absolute Gasteiger partial charge is 0.278 e. The number of rotatable bonds is 3. The van der Waals surface area contributed by atoms with E-state index in [2.05, 4.69) is 5.10 Å². The fourth-order valence-electron chi connectivity index (χ4n) is 3.65. The van der Waals surface area contributed by atoms with Crippen LogP contribution < -0.4 is 10.3 Å². The summed E-state index contributed by atoms with van der Waals surface area (Å²) in [6, 6.07) is 10.4. The number of piperazine rings is 1. The minimum absolute atomic E-state index is 0.134. The summed E-state index contributed by atoms with van der Waals surface area (Å²) in [5.41, 5.74) is 0.182. The monoisotopic (exact) mass is 398 g/mol. The largest absolute Gasteiger partial charge is 0.366 e. The number of nitrogens with zero attached hydrogens (tertiary/aromatic N) is 4. The number of hydrogen-bond donors (Lipinski definition) is 0. The fourth-order valence-corrected chi connectivity index (χ4v) is 3.65. The van der Waals surface area contributed by atoms with Crippen LogP contribution in [-0.2, 0) is 6.54 Å². The number of amides is 1. The van der Waals surface area contributed by atoms with E-state index in [0.29, 0.717) is 43.9 Å². The van der Waals surface area contributed by atoms with E-state index >= 15 is 0 Å². The molecule has 0 aliphatic carbocycles. The standard InChI is InChI=1S/C21H20F2N4O2/c1-2-27-17-8-7-14(22)13-15(17)20(28)19(24-27)21(29)26-11-9-25(10-12-26)18-6-4-3-5-16(18)23/h3-8,13H,2,9-12H2,1H3. The van der Waals surface area contributed by atoms with Crippen molar-refractivity contribution >= 4 is 22.5 Å². The third-order valence-corrected chi connectivity index (χ3v) is 5.18. The lowest BCUT2D eigenvalue weighted by Gasteiger charge is -2.36. The third kappa shape index (κ3) is 3.46. The first-order valence-corrected chi connectivity index (χ1v) is 9.48. The maximum absolute atomic E-state index is 14.0. The molecule has 6 nitrogen and oxygen atoms in total. The van der Waals surface area contributed by atoms with Gasteiger partial charge in [0.05, 0.1) is 16.6 Å². The van der Waals surface area contributed by atoms with Gasteiger partial charge in [-0.3, -0.25) is 14.3 Å². The van der Waals surface area contributed by atoms with Crippen molar-refractivity contribution in [1.29, 1.82) is 0 Å². The van der Waals surface area contributed by atoms with Gasteiger partial charge in [0, 0.05) is 32.7 Å². The lowest BCUT2D eigenvalue weighted by molar-refractivity contribution is 0.0737. The van der Waals surface area contributed by atoms with Gasteiger partial charge in [0.15, 0.2) is 5.69 Å². The molecule has 4 rings (SSSR count).